The fourth-order valence-electron chi connectivity index (χ4n) is 1.13. The fraction of sp³-hybridized carbons (Fsp3) is 0.100. The van der Waals surface area contributed by atoms with E-state index in [2.05, 4.69) is 20.9 Å². The molecule has 0 saturated carbocycles. The number of halogens is 1. The molecule has 0 atom stereocenters. The van der Waals surface area contributed by atoms with Crippen LogP contribution in [0.15, 0.2) is 43.4 Å². The van der Waals surface area contributed by atoms with Gasteiger partial charge in [0, 0.05) is 6.20 Å². The molecule has 0 bridgehead atoms. The number of furan rings is 1. The first-order valence-electron chi connectivity index (χ1n) is 4.29. The summed E-state index contributed by atoms with van der Waals surface area (Å²) in [7, 11) is 0. The summed E-state index contributed by atoms with van der Waals surface area (Å²) in [5.41, 5.74) is 6.51. The number of pyridine rings is 1. The molecule has 0 aliphatic rings. The van der Waals surface area contributed by atoms with E-state index in [0.717, 1.165) is 20.0 Å². The van der Waals surface area contributed by atoms with Crippen LogP contribution in [0, 0.1) is 6.92 Å². The van der Waals surface area contributed by atoms with E-state index in [1.165, 1.54) is 0 Å². The van der Waals surface area contributed by atoms with Crippen LogP contribution < -0.4 is 5.73 Å². The van der Waals surface area contributed by atoms with Gasteiger partial charge in [0.25, 0.3) is 0 Å². The summed E-state index contributed by atoms with van der Waals surface area (Å²) in [6.45, 7) is 1.92. The summed E-state index contributed by atoms with van der Waals surface area (Å²) < 4.78 is 6.12. The summed E-state index contributed by atoms with van der Waals surface area (Å²) in [6, 6.07) is 1.92. The molecule has 0 spiro atoms. The van der Waals surface area contributed by atoms with Crippen molar-refractivity contribution in [2.75, 3.05) is 5.73 Å². The number of rotatable bonds is 2. The van der Waals surface area contributed by atoms with Crippen molar-refractivity contribution in [2.24, 2.45) is 0 Å². The van der Waals surface area contributed by atoms with E-state index < -0.39 is 0 Å². The van der Waals surface area contributed by atoms with Gasteiger partial charge in [-0.15, -0.1) is 0 Å². The first kappa shape index (κ1) is 10.6. The maximum Gasteiger partial charge on any atom is 0.114 e. The molecule has 2 aromatic rings. The first-order valence-corrected chi connectivity index (χ1v) is 5.90. The van der Waals surface area contributed by atoms with Gasteiger partial charge in [0.15, 0.2) is 0 Å². The topological polar surface area (TPSA) is 52.0 Å². The van der Waals surface area contributed by atoms with E-state index in [4.69, 9.17) is 10.2 Å². The fourth-order valence-corrected chi connectivity index (χ4v) is 2.58. The maximum atomic E-state index is 5.84. The van der Waals surface area contributed by atoms with Gasteiger partial charge in [-0.25, -0.2) is 0 Å². The molecule has 78 valence electrons. The minimum absolute atomic E-state index is 0.662. The summed E-state index contributed by atoms with van der Waals surface area (Å²) >= 11 is 4.99. The lowest BCUT2D eigenvalue weighted by Crippen LogP contribution is -1.90. The Bertz CT molecular complexity index is 464. The third kappa shape index (κ3) is 2.18. The van der Waals surface area contributed by atoms with Crippen molar-refractivity contribution in [3.05, 3.63) is 35.0 Å². The number of nitrogens with zero attached hydrogens (tertiary/aromatic N) is 1. The monoisotopic (exact) mass is 284 g/mol. The molecule has 3 nitrogen and oxygen atoms in total. The Labute approximate surface area is 100 Å². The van der Waals surface area contributed by atoms with Crippen LogP contribution in [0.1, 0.15) is 5.76 Å². The molecule has 0 radical (unpaired) electrons. The van der Waals surface area contributed by atoms with Crippen LogP contribution in [-0.4, -0.2) is 4.98 Å². The minimum Gasteiger partial charge on any atom is -0.468 e. The molecule has 2 heterocycles. The second kappa shape index (κ2) is 4.28. The molecular formula is C10H9BrN2OS. The summed E-state index contributed by atoms with van der Waals surface area (Å²) in [5, 5.41) is 0. The van der Waals surface area contributed by atoms with Crippen LogP contribution in [-0.2, 0) is 0 Å². The van der Waals surface area contributed by atoms with Crippen molar-refractivity contribution in [3.8, 4) is 0 Å². The SMILES string of the molecule is Cc1occc1Sc1c(N)cncc1Br. The predicted molar refractivity (Wildman–Crippen MR) is 63.9 cm³/mol. The Kier molecular flexibility index (Phi) is 3.02. The lowest BCUT2D eigenvalue weighted by Gasteiger charge is -2.05. The molecule has 0 amide bonds. The highest BCUT2D eigenvalue weighted by atomic mass is 79.9. The van der Waals surface area contributed by atoms with E-state index in [-0.39, 0.29) is 0 Å². The molecule has 0 unspecified atom stereocenters. The molecule has 15 heavy (non-hydrogen) atoms. The van der Waals surface area contributed by atoms with Crippen molar-refractivity contribution in [3.63, 3.8) is 0 Å². The van der Waals surface area contributed by atoms with Crippen LogP contribution in [0.2, 0.25) is 0 Å². The molecule has 0 fully saturated rings. The number of hydrogen-bond acceptors (Lipinski definition) is 4. The second-order valence-corrected chi connectivity index (χ2v) is 4.89. The molecule has 0 aliphatic carbocycles. The van der Waals surface area contributed by atoms with Gasteiger partial charge in [-0.2, -0.15) is 0 Å². The van der Waals surface area contributed by atoms with Crippen molar-refractivity contribution >= 4 is 33.4 Å². The predicted octanol–water partition coefficient (Wildman–Crippen LogP) is 3.48. The zero-order chi connectivity index (χ0) is 10.8. The molecule has 0 aromatic carbocycles. The number of nitrogens with two attached hydrogens (primary N) is 1. The van der Waals surface area contributed by atoms with Gasteiger partial charge in [0.2, 0.25) is 0 Å². The standard InChI is InChI=1S/C10H9BrN2OS/c1-6-9(2-3-14-6)15-10-7(11)4-13-5-8(10)12/h2-5H,12H2,1H3. The van der Waals surface area contributed by atoms with Gasteiger partial charge in [0.1, 0.15) is 5.76 Å². The molecular weight excluding hydrogens is 276 g/mol. The molecule has 0 aliphatic heterocycles. The van der Waals surface area contributed by atoms with Crippen molar-refractivity contribution in [1.82, 2.24) is 4.98 Å². The van der Waals surface area contributed by atoms with E-state index >= 15 is 0 Å². The minimum atomic E-state index is 0.662. The second-order valence-electron chi connectivity index (χ2n) is 2.98. The van der Waals surface area contributed by atoms with Crippen molar-refractivity contribution in [1.29, 1.82) is 0 Å². The number of anilines is 1. The van der Waals surface area contributed by atoms with Crippen molar-refractivity contribution < 1.29 is 4.42 Å². The Balaban J connectivity index is 2.36. The number of hydrogen-bond donors (Lipinski definition) is 1. The normalized spacial score (nSPS) is 10.5. The molecule has 2 aromatic heterocycles. The maximum absolute atomic E-state index is 5.84. The van der Waals surface area contributed by atoms with Gasteiger partial charge < -0.3 is 10.2 Å². The molecule has 0 saturated heterocycles. The number of nitrogen functional groups attached to an aromatic ring is 1. The average molecular weight is 285 g/mol. The summed E-state index contributed by atoms with van der Waals surface area (Å²) in [4.78, 5) is 6.02. The van der Waals surface area contributed by atoms with Crippen molar-refractivity contribution in [2.45, 2.75) is 16.7 Å². The number of aryl methyl sites for hydroxylation is 1. The molecule has 2 rings (SSSR count). The largest absolute Gasteiger partial charge is 0.468 e. The zero-order valence-corrected chi connectivity index (χ0v) is 10.4. The van der Waals surface area contributed by atoms with E-state index in [0.29, 0.717) is 5.69 Å². The number of aromatic nitrogens is 1. The van der Waals surface area contributed by atoms with E-state index in [1.54, 1.807) is 30.4 Å². The highest BCUT2D eigenvalue weighted by Crippen LogP contribution is 2.38. The summed E-state index contributed by atoms with van der Waals surface area (Å²) in [6.07, 6.45) is 5.04. The third-order valence-corrected chi connectivity index (χ3v) is 4.07. The van der Waals surface area contributed by atoms with Gasteiger partial charge >= 0.3 is 0 Å². The third-order valence-electron chi connectivity index (χ3n) is 1.90. The van der Waals surface area contributed by atoms with Gasteiger partial charge in [-0.3, -0.25) is 4.98 Å². The van der Waals surface area contributed by atoms with E-state index in [1.807, 2.05) is 13.0 Å². The highest BCUT2D eigenvalue weighted by molar-refractivity contribution is 9.10. The zero-order valence-electron chi connectivity index (χ0n) is 8.03. The van der Waals surface area contributed by atoms with E-state index in [9.17, 15) is 0 Å². The lowest BCUT2D eigenvalue weighted by atomic mass is 10.4. The highest BCUT2D eigenvalue weighted by Gasteiger charge is 2.09. The van der Waals surface area contributed by atoms with Gasteiger partial charge in [-0.05, 0) is 28.9 Å². The van der Waals surface area contributed by atoms with Gasteiger partial charge in [-0.1, -0.05) is 11.8 Å². The lowest BCUT2D eigenvalue weighted by molar-refractivity contribution is 0.527. The van der Waals surface area contributed by atoms with Crippen LogP contribution >= 0.6 is 27.7 Å². The average Bonchev–Trinajstić information content (AvgIpc) is 2.58. The first-order chi connectivity index (χ1) is 7.18. The van der Waals surface area contributed by atoms with Crippen LogP contribution in [0.25, 0.3) is 0 Å². The quantitative estimate of drug-likeness (QED) is 0.917. The molecule has 5 heteroatoms. The summed E-state index contributed by atoms with van der Waals surface area (Å²) in [5.74, 6) is 0.892. The van der Waals surface area contributed by atoms with Crippen LogP contribution in [0.3, 0.4) is 0 Å². The van der Waals surface area contributed by atoms with Crippen LogP contribution in [0.5, 0.6) is 0 Å². The Morgan fingerprint density at radius 3 is 2.87 bits per heavy atom. The van der Waals surface area contributed by atoms with Crippen LogP contribution in [0.4, 0.5) is 5.69 Å². The Hall–Kier alpha value is -0.940. The smallest absolute Gasteiger partial charge is 0.114 e. The molecule has 2 N–H and O–H groups in total. The Morgan fingerprint density at radius 1 is 1.47 bits per heavy atom. The van der Waals surface area contributed by atoms with Gasteiger partial charge in [0.05, 0.1) is 32.4 Å². The Morgan fingerprint density at radius 2 is 2.27 bits per heavy atom.